The fourth-order valence-corrected chi connectivity index (χ4v) is 4.18. The highest BCUT2D eigenvalue weighted by molar-refractivity contribution is 8.03. The van der Waals surface area contributed by atoms with Gasteiger partial charge in [-0.3, -0.25) is 10.1 Å². The minimum Gasteiger partial charge on any atom is -0.329 e. The minimum atomic E-state index is -0.390. The van der Waals surface area contributed by atoms with E-state index in [1.165, 1.54) is 6.20 Å². The van der Waals surface area contributed by atoms with Gasteiger partial charge in [-0.2, -0.15) is 0 Å². The first-order valence-electron chi connectivity index (χ1n) is 4.28. The summed E-state index contributed by atoms with van der Waals surface area (Å²) in [4.78, 5) is 16.3. The standard InChI is InChI=1S/C7H9N3O2S3/c11-10(12)6-3-8-7(15-6)9-4-13-1-2-14-5-9/h3H,1-2,4-5H2. The molecule has 0 bridgehead atoms. The maximum atomic E-state index is 10.5. The first-order chi connectivity index (χ1) is 7.27. The Kier molecular flexibility index (Phi) is 3.71. The lowest BCUT2D eigenvalue weighted by Crippen LogP contribution is -2.20. The molecule has 1 fully saturated rings. The van der Waals surface area contributed by atoms with Crippen LogP contribution >= 0.6 is 34.9 Å². The molecule has 5 nitrogen and oxygen atoms in total. The SMILES string of the molecule is O=[N+]([O-])c1cnc(N2CSCCSC2)s1. The summed E-state index contributed by atoms with van der Waals surface area (Å²) in [5.41, 5.74) is 0. The van der Waals surface area contributed by atoms with E-state index in [1.807, 2.05) is 23.5 Å². The van der Waals surface area contributed by atoms with Crippen LogP contribution in [0.2, 0.25) is 0 Å². The van der Waals surface area contributed by atoms with Crippen LogP contribution in [0.1, 0.15) is 0 Å². The van der Waals surface area contributed by atoms with Crippen LogP contribution in [0.25, 0.3) is 0 Å². The van der Waals surface area contributed by atoms with Gasteiger partial charge in [0.05, 0.1) is 16.7 Å². The van der Waals surface area contributed by atoms with E-state index in [4.69, 9.17) is 0 Å². The largest absolute Gasteiger partial charge is 0.345 e. The molecule has 1 aromatic heterocycles. The zero-order valence-electron chi connectivity index (χ0n) is 7.79. The highest BCUT2D eigenvalue weighted by atomic mass is 32.2. The predicted molar refractivity (Wildman–Crippen MR) is 65.9 cm³/mol. The van der Waals surface area contributed by atoms with Crippen molar-refractivity contribution in [2.75, 3.05) is 28.2 Å². The third-order valence-corrected chi connectivity index (χ3v) is 5.04. The molecule has 1 aromatic rings. The van der Waals surface area contributed by atoms with Gasteiger partial charge in [-0.1, -0.05) is 0 Å². The third-order valence-electron chi connectivity index (χ3n) is 1.80. The second-order valence-corrected chi connectivity index (χ2v) is 5.99. The highest BCUT2D eigenvalue weighted by Gasteiger charge is 2.17. The molecule has 8 heteroatoms. The van der Waals surface area contributed by atoms with Crippen molar-refractivity contribution < 1.29 is 4.92 Å². The summed E-state index contributed by atoms with van der Waals surface area (Å²) in [6, 6.07) is 0. The van der Waals surface area contributed by atoms with Gasteiger partial charge in [0, 0.05) is 11.5 Å². The van der Waals surface area contributed by atoms with Gasteiger partial charge in [-0.05, 0) is 11.3 Å². The van der Waals surface area contributed by atoms with Crippen LogP contribution in [-0.4, -0.2) is 33.2 Å². The van der Waals surface area contributed by atoms with Gasteiger partial charge in [-0.25, -0.2) is 4.98 Å². The number of nitrogens with zero attached hydrogens (tertiary/aromatic N) is 3. The molecule has 15 heavy (non-hydrogen) atoms. The van der Waals surface area contributed by atoms with E-state index < -0.39 is 0 Å². The van der Waals surface area contributed by atoms with Crippen molar-refractivity contribution in [2.45, 2.75) is 0 Å². The van der Waals surface area contributed by atoms with Crippen LogP contribution in [0.15, 0.2) is 6.20 Å². The second-order valence-electron chi connectivity index (χ2n) is 2.85. The lowest BCUT2D eigenvalue weighted by atomic mass is 10.8. The monoisotopic (exact) mass is 263 g/mol. The number of anilines is 1. The van der Waals surface area contributed by atoms with Gasteiger partial charge in [0.2, 0.25) is 0 Å². The molecule has 0 unspecified atom stereocenters. The molecule has 0 aliphatic carbocycles. The summed E-state index contributed by atoms with van der Waals surface area (Å²) < 4.78 is 0. The summed E-state index contributed by atoms with van der Waals surface area (Å²) in [5.74, 6) is 4.01. The Balaban J connectivity index is 2.10. The van der Waals surface area contributed by atoms with Crippen molar-refractivity contribution in [3.05, 3.63) is 16.3 Å². The normalized spacial score (nSPS) is 17.5. The molecule has 0 spiro atoms. The Morgan fingerprint density at radius 3 is 2.60 bits per heavy atom. The topological polar surface area (TPSA) is 59.3 Å². The second kappa shape index (κ2) is 5.04. The van der Waals surface area contributed by atoms with Crippen molar-refractivity contribution in [3.63, 3.8) is 0 Å². The van der Waals surface area contributed by atoms with Gasteiger partial charge in [-0.15, -0.1) is 23.5 Å². The van der Waals surface area contributed by atoms with Gasteiger partial charge in [0.15, 0.2) is 5.13 Å². The number of hydrogen-bond donors (Lipinski definition) is 0. The van der Waals surface area contributed by atoms with E-state index in [2.05, 4.69) is 9.88 Å². The third kappa shape index (κ3) is 2.76. The molecule has 0 radical (unpaired) electrons. The van der Waals surface area contributed by atoms with E-state index in [0.717, 1.165) is 39.7 Å². The number of aromatic nitrogens is 1. The van der Waals surface area contributed by atoms with Crippen LogP contribution in [0.5, 0.6) is 0 Å². The summed E-state index contributed by atoms with van der Waals surface area (Å²) in [6.45, 7) is 0. The number of thioether (sulfide) groups is 2. The summed E-state index contributed by atoms with van der Waals surface area (Å²) in [5, 5.41) is 11.4. The van der Waals surface area contributed by atoms with Gasteiger partial charge >= 0.3 is 5.00 Å². The molecule has 1 saturated heterocycles. The van der Waals surface area contributed by atoms with Gasteiger partial charge < -0.3 is 4.90 Å². The van der Waals surface area contributed by atoms with E-state index >= 15 is 0 Å². The quantitative estimate of drug-likeness (QED) is 0.602. The zero-order chi connectivity index (χ0) is 10.7. The molecule has 0 aromatic carbocycles. The van der Waals surface area contributed by atoms with Crippen LogP contribution < -0.4 is 4.90 Å². The lowest BCUT2D eigenvalue weighted by Gasteiger charge is -2.16. The number of nitro groups is 1. The van der Waals surface area contributed by atoms with E-state index in [-0.39, 0.29) is 9.92 Å². The average molecular weight is 263 g/mol. The zero-order valence-corrected chi connectivity index (χ0v) is 10.2. The molecular formula is C7H9N3O2S3. The Labute approximate surface area is 99.4 Å². The maximum Gasteiger partial charge on any atom is 0.345 e. The van der Waals surface area contributed by atoms with Crippen LogP contribution in [0.3, 0.4) is 0 Å². The number of rotatable bonds is 2. The molecule has 1 aliphatic rings. The first-order valence-corrected chi connectivity index (χ1v) is 7.40. The summed E-state index contributed by atoms with van der Waals surface area (Å²) in [7, 11) is 0. The van der Waals surface area contributed by atoms with Gasteiger partial charge in [0.1, 0.15) is 6.20 Å². The maximum absolute atomic E-state index is 10.5. The molecule has 0 atom stereocenters. The van der Waals surface area contributed by atoms with Crippen LogP contribution in [-0.2, 0) is 0 Å². The van der Waals surface area contributed by atoms with E-state index in [0.29, 0.717) is 0 Å². The number of hydrogen-bond acceptors (Lipinski definition) is 7. The first kappa shape index (κ1) is 11.0. The lowest BCUT2D eigenvalue weighted by molar-refractivity contribution is -0.380. The van der Waals surface area contributed by atoms with Crippen molar-refractivity contribution in [1.29, 1.82) is 0 Å². The fraction of sp³-hybridized carbons (Fsp3) is 0.571. The smallest absolute Gasteiger partial charge is 0.329 e. The highest BCUT2D eigenvalue weighted by Crippen LogP contribution is 2.31. The van der Waals surface area contributed by atoms with E-state index in [1.54, 1.807) is 0 Å². The fourth-order valence-electron chi connectivity index (χ4n) is 1.10. The summed E-state index contributed by atoms with van der Waals surface area (Å²) >= 11 is 4.82. The van der Waals surface area contributed by atoms with Crippen LogP contribution in [0.4, 0.5) is 10.1 Å². The Morgan fingerprint density at radius 2 is 2.07 bits per heavy atom. The van der Waals surface area contributed by atoms with Gasteiger partial charge in [0.25, 0.3) is 0 Å². The molecule has 82 valence electrons. The molecular weight excluding hydrogens is 254 g/mol. The van der Waals surface area contributed by atoms with Crippen molar-refractivity contribution in [3.8, 4) is 0 Å². The molecule has 1 aliphatic heterocycles. The Hall–Kier alpha value is -0.470. The Morgan fingerprint density at radius 1 is 1.40 bits per heavy atom. The number of thiazole rings is 1. The van der Waals surface area contributed by atoms with Crippen molar-refractivity contribution >= 4 is 45.0 Å². The molecule has 0 N–H and O–H groups in total. The molecule has 2 rings (SSSR count). The minimum absolute atomic E-state index is 0.115. The average Bonchev–Trinajstić information content (AvgIpc) is 2.55. The van der Waals surface area contributed by atoms with Crippen molar-refractivity contribution in [2.24, 2.45) is 0 Å². The van der Waals surface area contributed by atoms with Crippen molar-refractivity contribution in [1.82, 2.24) is 4.98 Å². The Bertz CT molecular complexity index is 349. The van der Waals surface area contributed by atoms with E-state index in [9.17, 15) is 10.1 Å². The molecule has 0 amide bonds. The summed E-state index contributed by atoms with van der Waals surface area (Å²) in [6.07, 6.45) is 1.33. The van der Waals surface area contributed by atoms with Crippen LogP contribution in [0, 0.1) is 10.1 Å². The molecule has 0 saturated carbocycles. The predicted octanol–water partition coefficient (Wildman–Crippen LogP) is 2.25. The molecule has 2 heterocycles.